The topological polar surface area (TPSA) is 70.5 Å². The largest absolute Gasteiger partial charge is 0.397 e. The van der Waals surface area contributed by atoms with Crippen LogP contribution in [0.5, 0.6) is 0 Å². The quantitative estimate of drug-likeness (QED) is 0.519. The molecule has 0 bridgehead atoms. The number of carbonyl (C=O) groups excluding carboxylic acids is 2. The summed E-state index contributed by atoms with van der Waals surface area (Å²) in [6.07, 6.45) is 3.69. The van der Waals surface area contributed by atoms with Gasteiger partial charge in [0.1, 0.15) is 0 Å². The number of amides is 2. The van der Waals surface area contributed by atoms with E-state index in [4.69, 9.17) is 17.3 Å². The molecule has 5 nitrogen and oxygen atoms in total. The minimum Gasteiger partial charge on any atom is -0.397 e. The van der Waals surface area contributed by atoms with E-state index in [0.717, 1.165) is 24.1 Å². The second-order valence-corrected chi connectivity index (χ2v) is 5.97. The number of hydrogen-bond donors (Lipinski definition) is 1. The van der Waals surface area contributed by atoms with Crippen molar-refractivity contribution in [1.82, 2.24) is 9.29 Å². The Balaban J connectivity index is 0.000000677. The first-order valence-corrected chi connectivity index (χ1v) is 7.84. The molecule has 1 saturated heterocycles. The van der Waals surface area contributed by atoms with Crippen molar-refractivity contribution >= 4 is 40.2 Å². The molecule has 2 heterocycles. The number of pyridine rings is 1. The van der Waals surface area contributed by atoms with E-state index in [0.29, 0.717) is 23.5 Å². The lowest BCUT2D eigenvalue weighted by molar-refractivity contribution is -0.131. The van der Waals surface area contributed by atoms with Gasteiger partial charge in [-0.3, -0.25) is 14.6 Å². The normalized spacial score (nSPS) is 13.9. The highest BCUT2D eigenvalue weighted by atomic mass is 32.2. The van der Waals surface area contributed by atoms with Crippen LogP contribution in [0.15, 0.2) is 24.4 Å². The molecule has 2 rings (SSSR count). The van der Waals surface area contributed by atoms with E-state index < -0.39 is 0 Å². The summed E-state index contributed by atoms with van der Waals surface area (Å²) in [7, 11) is 0. The second-order valence-electron chi connectivity index (χ2n) is 4.18. The maximum Gasteiger partial charge on any atom is 0.240 e. The van der Waals surface area contributed by atoms with E-state index in [1.165, 1.54) is 4.31 Å². The second kappa shape index (κ2) is 9.59. The molecule has 0 atom stereocenters. The first-order valence-electron chi connectivity index (χ1n) is 6.65. The Morgan fingerprint density at radius 3 is 2.52 bits per heavy atom. The Bertz CT molecular complexity index is 478. The van der Waals surface area contributed by atoms with E-state index in [1.807, 2.05) is 18.2 Å². The molecule has 1 aromatic rings. The van der Waals surface area contributed by atoms with Crippen molar-refractivity contribution in [3.63, 3.8) is 0 Å². The van der Waals surface area contributed by atoms with Crippen molar-refractivity contribution in [3.8, 4) is 0 Å². The molecule has 0 saturated carbocycles. The van der Waals surface area contributed by atoms with Crippen LogP contribution in [0.2, 0.25) is 0 Å². The number of aryl methyl sites for hydroxylation is 1. The maximum absolute atomic E-state index is 11.4. The smallest absolute Gasteiger partial charge is 0.240 e. The Labute approximate surface area is 133 Å². The van der Waals surface area contributed by atoms with Gasteiger partial charge in [0.05, 0.1) is 4.20 Å². The van der Waals surface area contributed by atoms with Gasteiger partial charge in [-0.2, -0.15) is 0 Å². The number of rotatable bonds is 4. The van der Waals surface area contributed by atoms with Crippen molar-refractivity contribution in [2.24, 2.45) is 0 Å². The molecule has 2 amide bonds. The molecule has 0 aliphatic carbocycles. The zero-order valence-electron chi connectivity index (χ0n) is 11.8. The summed E-state index contributed by atoms with van der Waals surface area (Å²) in [5.41, 5.74) is 0.958. The molecular formula is C14H18N2O3S2. The predicted octanol–water partition coefficient (Wildman–Crippen LogP) is 2.14. The summed E-state index contributed by atoms with van der Waals surface area (Å²) in [5.74, 6) is -0.296. The number of imide groups is 1. The molecule has 0 spiro atoms. The van der Waals surface area contributed by atoms with Gasteiger partial charge >= 0.3 is 0 Å². The van der Waals surface area contributed by atoms with Gasteiger partial charge < -0.3 is 5.11 Å². The standard InChI is InChI=1S/C12H12N2O2S2.C2H6O/c15-10-5-6-11(16)14(10)18-12(17)7-4-9-3-1-2-8-13-9;1-2-3/h1-3,8H,4-7H2;3H,2H2,1H3. The van der Waals surface area contributed by atoms with Crippen molar-refractivity contribution in [2.45, 2.75) is 32.6 Å². The van der Waals surface area contributed by atoms with Crippen LogP contribution in [-0.4, -0.2) is 37.0 Å². The van der Waals surface area contributed by atoms with E-state index in [1.54, 1.807) is 13.1 Å². The number of aliphatic hydroxyl groups is 1. The van der Waals surface area contributed by atoms with Gasteiger partial charge in [0, 0.05) is 43.3 Å². The maximum atomic E-state index is 11.4. The molecule has 0 radical (unpaired) electrons. The fraction of sp³-hybridized carbons (Fsp3) is 0.429. The lowest BCUT2D eigenvalue weighted by atomic mass is 10.2. The Morgan fingerprint density at radius 1 is 1.38 bits per heavy atom. The SMILES string of the molecule is CCO.O=C1CCC(=O)N1SC(=S)CCc1ccccn1. The monoisotopic (exact) mass is 326 g/mol. The van der Waals surface area contributed by atoms with Crippen LogP contribution < -0.4 is 0 Å². The summed E-state index contributed by atoms with van der Waals surface area (Å²) in [5, 5.41) is 7.57. The Morgan fingerprint density at radius 2 is 2.00 bits per heavy atom. The summed E-state index contributed by atoms with van der Waals surface area (Å²) >= 11 is 6.27. The van der Waals surface area contributed by atoms with Crippen molar-refractivity contribution in [2.75, 3.05) is 6.61 Å². The molecule has 0 aromatic carbocycles. The van der Waals surface area contributed by atoms with Crippen LogP contribution in [0, 0.1) is 0 Å². The molecule has 1 fully saturated rings. The number of carbonyl (C=O) groups is 2. The van der Waals surface area contributed by atoms with Gasteiger partial charge in [-0.05, 0) is 31.9 Å². The van der Waals surface area contributed by atoms with Crippen LogP contribution in [-0.2, 0) is 16.0 Å². The number of thiocarbonyl (C=S) groups is 1. The lowest BCUT2D eigenvalue weighted by Gasteiger charge is -2.12. The van der Waals surface area contributed by atoms with Crippen LogP contribution in [0.4, 0.5) is 0 Å². The average molecular weight is 326 g/mol. The fourth-order valence-electron chi connectivity index (χ4n) is 1.58. The number of aromatic nitrogens is 1. The van der Waals surface area contributed by atoms with Crippen molar-refractivity contribution < 1.29 is 14.7 Å². The molecule has 21 heavy (non-hydrogen) atoms. The first kappa shape index (κ1) is 17.7. The predicted molar refractivity (Wildman–Crippen MR) is 86.6 cm³/mol. The van der Waals surface area contributed by atoms with Gasteiger partial charge in [-0.15, -0.1) is 0 Å². The highest BCUT2D eigenvalue weighted by Gasteiger charge is 2.30. The van der Waals surface area contributed by atoms with Gasteiger partial charge in [0.2, 0.25) is 11.8 Å². The summed E-state index contributed by atoms with van der Waals surface area (Å²) in [6, 6.07) is 5.71. The third-order valence-electron chi connectivity index (χ3n) is 2.51. The molecule has 1 aromatic heterocycles. The van der Waals surface area contributed by atoms with Gasteiger partial charge in [0.15, 0.2) is 0 Å². The molecule has 7 heteroatoms. The molecule has 0 unspecified atom stereocenters. The van der Waals surface area contributed by atoms with E-state index in [-0.39, 0.29) is 18.4 Å². The summed E-state index contributed by atoms with van der Waals surface area (Å²) in [4.78, 5) is 27.0. The zero-order valence-corrected chi connectivity index (χ0v) is 13.5. The molecule has 1 aliphatic heterocycles. The number of nitrogens with zero attached hydrogens (tertiary/aromatic N) is 2. The minimum absolute atomic E-state index is 0.148. The third-order valence-corrected chi connectivity index (χ3v) is 3.94. The van der Waals surface area contributed by atoms with E-state index in [9.17, 15) is 9.59 Å². The molecular weight excluding hydrogens is 308 g/mol. The van der Waals surface area contributed by atoms with Gasteiger partial charge in [-0.1, -0.05) is 18.3 Å². The molecule has 1 N–H and O–H groups in total. The van der Waals surface area contributed by atoms with Crippen LogP contribution in [0.3, 0.4) is 0 Å². The van der Waals surface area contributed by atoms with Crippen LogP contribution in [0.1, 0.15) is 31.9 Å². The third kappa shape index (κ3) is 6.33. The lowest BCUT2D eigenvalue weighted by Crippen LogP contribution is -2.23. The zero-order chi connectivity index (χ0) is 15.7. The number of aliphatic hydroxyl groups excluding tert-OH is 1. The van der Waals surface area contributed by atoms with Gasteiger partial charge in [-0.25, -0.2) is 4.31 Å². The highest BCUT2D eigenvalue weighted by Crippen LogP contribution is 2.24. The Hall–Kier alpha value is -1.31. The van der Waals surface area contributed by atoms with Crippen LogP contribution in [0.25, 0.3) is 0 Å². The first-order chi connectivity index (χ1) is 10.1. The highest BCUT2D eigenvalue weighted by molar-refractivity contribution is 8.22. The van der Waals surface area contributed by atoms with Crippen molar-refractivity contribution in [3.05, 3.63) is 30.1 Å². The molecule has 114 valence electrons. The average Bonchev–Trinajstić information content (AvgIpc) is 2.79. The minimum atomic E-state index is -0.148. The summed E-state index contributed by atoms with van der Waals surface area (Å²) in [6.45, 7) is 1.93. The van der Waals surface area contributed by atoms with Crippen LogP contribution >= 0.6 is 24.2 Å². The summed E-state index contributed by atoms with van der Waals surface area (Å²) < 4.78 is 1.82. The number of hydrogen-bond acceptors (Lipinski definition) is 6. The van der Waals surface area contributed by atoms with Gasteiger partial charge in [0.25, 0.3) is 0 Å². The fourth-order valence-corrected chi connectivity index (χ4v) is 2.69. The Kier molecular flexibility index (Phi) is 8.11. The molecule has 1 aliphatic rings. The van der Waals surface area contributed by atoms with Crippen molar-refractivity contribution in [1.29, 1.82) is 0 Å². The van der Waals surface area contributed by atoms with E-state index in [2.05, 4.69) is 4.98 Å². The van der Waals surface area contributed by atoms with E-state index >= 15 is 0 Å².